The Balaban J connectivity index is 1.14. The number of hydrogen-bond acceptors (Lipinski definition) is 3. The maximum Gasteiger partial charge on any atom is 0.226 e. The summed E-state index contributed by atoms with van der Waals surface area (Å²) in [5.41, 5.74) is 3.69. The number of aromatic nitrogens is 2. The third kappa shape index (κ3) is 4.30. The van der Waals surface area contributed by atoms with Gasteiger partial charge in [0.15, 0.2) is 0 Å². The molecule has 2 N–H and O–H groups in total. The molecule has 2 fully saturated rings. The van der Waals surface area contributed by atoms with E-state index in [0.717, 1.165) is 63.0 Å². The third-order valence-corrected chi connectivity index (χ3v) is 6.60. The number of hydrogen-bond donors (Lipinski definition) is 2. The maximum absolute atomic E-state index is 12.7. The van der Waals surface area contributed by atoms with E-state index in [4.69, 9.17) is 0 Å². The van der Waals surface area contributed by atoms with E-state index in [1.807, 2.05) is 30.1 Å². The number of nitrogens with zero attached hydrogens (tertiary/aromatic N) is 2. The van der Waals surface area contributed by atoms with Crippen LogP contribution in [0.25, 0.3) is 11.3 Å². The topological polar surface area (TPSA) is 61.0 Å². The van der Waals surface area contributed by atoms with Gasteiger partial charge in [-0.15, -0.1) is 0 Å². The van der Waals surface area contributed by atoms with Crippen LogP contribution in [0.4, 0.5) is 0 Å². The van der Waals surface area contributed by atoms with E-state index >= 15 is 0 Å². The number of unbranched alkanes of at least 4 members (excludes halogenated alkanes) is 2. The Hall–Kier alpha value is -2.14. The van der Waals surface area contributed by atoms with Crippen LogP contribution in [0.3, 0.4) is 0 Å². The van der Waals surface area contributed by atoms with E-state index in [1.54, 1.807) is 0 Å². The largest absolute Gasteiger partial charge is 0.346 e. The zero-order valence-corrected chi connectivity index (χ0v) is 16.9. The van der Waals surface area contributed by atoms with Crippen molar-refractivity contribution in [1.29, 1.82) is 0 Å². The molecule has 1 aliphatic heterocycles. The fourth-order valence-corrected chi connectivity index (χ4v) is 4.64. The van der Waals surface area contributed by atoms with Gasteiger partial charge < -0.3 is 10.2 Å². The Morgan fingerprint density at radius 1 is 1.18 bits per heavy atom. The van der Waals surface area contributed by atoms with Gasteiger partial charge in [0, 0.05) is 30.8 Å². The summed E-state index contributed by atoms with van der Waals surface area (Å²) in [5.74, 6) is 0.670. The lowest BCUT2D eigenvalue weighted by molar-refractivity contribution is -0.132. The van der Waals surface area contributed by atoms with Crippen LogP contribution >= 0.6 is 0 Å². The molecule has 4 rings (SSSR count). The van der Waals surface area contributed by atoms with Crippen LogP contribution in [0.1, 0.15) is 44.2 Å². The van der Waals surface area contributed by atoms with E-state index in [1.165, 1.54) is 18.5 Å². The van der Waals surface area contributed by atoms with Crippen LogP contribution in [-0.2, 0) is 11.2 Å². The molecule has 1 aliphatic carbocycles. The molecule has 2 aliphatic rings. The number of rotatable bonds is 8. The Labute approximate surface area is 167 Å². The number of amides is 1. The van der Waals surface area contributed by atoms with Crippen molar-refractivity contribution in [3.05, 3.63) is 42.1 Å². The second-order valence-electron chi connectivity index (χ2n) is 8.58. The zero-order chi connectivity index (χ0) is 19.4. The first-order valence-electron chi connectivity index (χ1n) is 10.7. The van der Waals surface area contributed by atoms with Gasteiger partial charge in [-0.05, 0) is 63.1 Å². The van der Waals surface area contributed by atoms with Crippen molar-refractivity contribution in [2.75, 3.05) is 26.7 Å². The number of piperidine rings is 1. The SMILES string of the molecule is CN(CCCCCc1cc(-c2ccccc2)n[nH]1)C(=O)C1CC12CCNCC2. The van der Waals surface area contributed by atoms with Gasteiger partial charge in [-0.3, -0.25) is 9.89 Å². The van der Waals surface area contributed by atoms with E-state index in [0.29, 0.717) is 17.2 Å². The summed E-state index contributed by atoms with van der Waals surface area (Å²) in [5, 5.41) is 11.0. The minimum atomic E-state index is 0.293. The highest BCUT2D eigenvalue weighted by Crippen LogP contribution is 2.59. The molecule has 1 saturated carbocycles. The number of benzene rings is 1. The van der Waals surface area contributed by atoms with Crippen molar-refractivity contribution in [2.24, 2.45) is 11.3 Å². The van der Waals surface area contributed by atoms with E-state index < -0.39 is 0 Å². The van der Waals surface area contributed by atoms with Crippen LogP contribution in [0.15, 0.2) is 36.4 Å². The van der Waals surface area contributed by atoms with Crippen molar-refractivity contribution in [3.63, 3.8) is 0 Å². The van der Waals surface area contributed by atoms with Crippen molar-refractivity contribution in [2.45, 2.75) is 44.9 Å². The van der Waals surface area contributed by atoms with Crippen LogP contribution in [0.2, 0.25) is 0 Å². The summed E-state index contributed by atoms with van der Waals surface area (Å²) in [4.78, 5) is 14.7. The molecule has 0 radical (unpaired) electrons. The molecule has 5 nitrogen and oxygen atoms in total. The highest BCUT2D eigenvalue weighted by Gasteiger charge is 2.58. The van der Waals surface area contributed by atoms with Gasteiger partial charge in [0.1, 0.15) is 0 Å². The van der Waals surface area contributed by atoms with Crippen molar-refractivity contribution in [3.8, 4) is 11.3 Å². The molecule has 1 saturated heterocycles. The quantitative estimate of drug-likeness (QED) is 0.688. The molecule has 1 atom stereocenters. The van der Waals surface area contributed by atoms with Gasteiger partial charge in [0.25, 0.3) is 0 Å². The van der Waals surface area contributed by atoms with Crippen LogP contribution < -0.4 is 5.32 Å². The molecule has 1 unspecified atom stereocenters. The van der Waals surface area contributed by atoms with Crippen LogP contribution in [-0.4, -0.2) is 47.7 Å². The molecule has 1 aromatic heterocycles. The third-order valence-electron chi connectivity index (χ3n) is 6.60. The van der Waals surface area contributed by atoms with Gasteiger partial charge in [-0.2, -0.15) is 5.10 Å². The van der Waals surface area contributed by atoms with Crippen molar-refractivity contribution < 1.29 is 4.79 Å². The second-order valence-corrected chi connectivity index (χ2v) is 8.58. The Bertz CT molecular complexity index is 779. The zero-order valence-electron chi connectivity index (χ0n) is 16.9. The molecule has 1 aromatic carbocycles. The van der Waals surface area contributed by atoms with Crippen LogP contribution in [0, 0.1) is 11.3 Å². The minimum Gasteiger partial charge on any atom is -0.346 e. The predicted molar refractivity (Wildman–Crippen MR) is 112 cm³/mol. The number of carbonyl (C=O) groups excluding carboxylic acids is 1. The predicted octanol–water partition coefficient (Wildman–Crippen LogP) is 3.64. The van der Waals surface area contributed by atoms with Gasteiger partial charge in [-0.1, -0.05) is 36.8 Å². The first-order chi connectivity index (χ1) is 13.7. The molecular formula is C23H32N4O. The van der Waals surface area contributed by atoms with Crippen molar-refractivity contribution in [1.82, 2.24) is 20.4 Å². The molecule has 1 spiro atoms. The summed E-state index contributed by atoms with van der Waals surface area (Å²) in [7, 11) is 1.98. The first-order valence-corrected chi connectivity index (χ1v) is 10.7. The highest BCUT2D eigenvalue weighted by molar-refractivity contribution is 5.82. The van der Waals surface area contributed by atoms with E-state index in [9.17, 15) is 4.79 Å². The standard InChI is InChI=1S/C23H32N4O/c1-27(22(28)20-17-23(20)11-13-24-14-12-23)15-7-3-6-10-19-16-21(26-25-19)18-8-4-2-5-9-18/h2,4-5,8-9,16,20,24H,3,6-7,10-15,17H2,1H3,(H,25,26). The molecule has 2 aromatic rings. The first kappa shape index (κ1) is 19.2. The van der Waals surface area contributed by atoms with Gasteiger partial charge >= 0.3 is 0 Å². The monoisotopic (exact) mass is 380 g/mol. The lowest BCUT2D eigenvalue weighted by Crippen LogP contribution is -2.35. The van der Waals surface area contributed by atoms with Gasteiger partial charge in [0.2, 0.25) is 5.91 Å². The van der Waals surface area contributed by atoms with E-state index in [-0.39, 0.29) is 0 Å². The normalized spacial score (nSPS) is 20.2. The molecule has 28 heavy (non-hydrogen) atoms. The number of H-pyrrole nitrogens is 1. The number of aromatic amines is 1. The second kappa shape index (κ2) is 8.48. The molecule has 0 bridgehead atoms. The lowest BCUT2D eigenvalue weighted by Gasteiger charge is -2.25. The average molecular weight is 381 g/mol. The summed E-state index contributed by atoms with van der Waals surface area (Å²) in [6.07, 6.45) is 7.80. The average Bonchev–Trinajstić information content (AvgIpc) is 3.20. The highest BCUT2D eigenvalue weighted by atomic mass is 16.2. The van der Waals surface area contributed by atoms with Crippen LogP contribution in [0.5, 0.6) is 0 Å². The molecular weight excluding hydrogens is 348 g/mol. The molecule has 5 heteroatoms. The summed E-state index contributed by atoms with van der Waals surface area (Å²) in [6.45, 7) is 3.03. The minimum absolute atomic E-state index is 0.293. The fourth-order valence-electron chi connectivity index (χ4n) is 4.64. The Kier molecular flexibility index (Phi) is 5.81. The van der Waals surface area contributed by atoms with Gasteiger partial charge in [-0.25, -0.2) is 0 Å². The summed E-state index contributed by atoms with van der Waals surface area (Å²) < 4.78 is 0. The number of carbonyl (C=O) groups is 1. The smallest absolute Gasteiger partial charge is 0.226 e. The number of nitrogens with one attached hydrogen (secondary N) is 2. The molecule has 1 amide bonds. The summed E-state index contributed by atoms with van der Waals surface area (Å²) in [6, 6.07) is 12.4. The van der Waals surface area contributed by atoms with Gasteiger partial charge in [0.05, 0.1) is 5.69 Å². The fraction of sp³-hybridized carbons (Fsp3) is 0.565. The Morgan fingerprint density at radius 2 is 1.96 bits per heavy atom. The van der Waals surface area contributed by atoms with Crippen molar-refractivity contribution >= 4 is 5.91 Å². The molecule has 2 heterocycles. The summed E-state index contributed by atoms with van der Waals surface area (Å²) >= 11 is 0. The van der Waals surface area contributed by atoms with E-state index in [2.05, 4.69) is 33.7 Å². The Morgan fingerprint density at radius 3 is 2.75 bits per heavy atom. The number of aryl methyl sites for hydroxylation is 1. The lowest BCUT2D eigenvalue weighted by atomic mass is 9.91. The molecule has 150 valence electrons. The maximum atomic E-state index is 12.7.